The fraction of sp³-hybridized carbons (Fsp3) is 0.118. The van der Waals surface area contributed by atoms with Gasteiger partial charge in [-0.2, -0.15) is 5.10 Å². The van der Waals surface area contributed by atoms with Crippen molar-refractivity contribution in [1.82, 2.24) is 10.2 Å². The number of benzene rings is 2. The summed E-state index contributed by atoms with van der Waals surface area (Å²) in [4.78, 5) is 0. The monoisotopic (exact) mass is 326 g/mol. The van der Waals surface area contributed by atoms with Crippen molar-refractivity contribution in [1.29, 1.82) is 0 Å². The van der Waals surface area contributed by atoms with E-state index in [-0.39, 0.29) is 0 Å². The standard InChI is InChI=1S/C17H15BrN2/c1-11-6-7-14(8-12(11)2)17-10-16(19-20-17)13-4-3-5-15(18)9-13/h3-10H,1-2H3,(H,19,20). The Morgan fingerprint density at radius 3 is 2.50 bits per heavy atom. The summed E-state index contributed by atoms with van der Waals surface area (Å²) in [5.41, 5.74) is 6.86. The van der Waals surface area contributed by atoms with E-state index in [0.29, 0.717) is 0 Å². The van der Waals surface area contributed by atoms with Crippen molar-refractivity contribution in [2.24, 2.45) is 0 Å². The van der Waals surface area contributed by atoms with Crippen molar-refractivity contribution in [2.75, 3.05) is 0 Å². The lowest BCUT2D eigenvalue weighted by Crippen LogP contribution is -1.83. The molecule has 3 aromatic rings. The molecule has 1 aromatic heterocycles. The highest BCUT2D eigenvalue weighted by Crippen LogP contribution is 2.26. The Kier molecular flexibility index (Phi) is 3.45. The third-order valence-electron chi connectivity index (χ3n) is 3.52. The Bertz CT molecular complexity index is 759. The van der Waals surface area contributed by atoms with Crippen LogP contribution in [0.3, 0.4) is 0 Å². The van der Waals surface area contributed by atoms with Gasteiger partial charge in [0.05, 0.1) is 11.4 Å². The Morgan fingerprint density at radius 2 is 1.75 bits per heavy atom. The second kappa shape index (κ2) is 5.25. The molecule has 0 saturated carbocycles. The zero-order chi connectivity index (χ0) is 14.1. The minimum atomic E-state index is 0.975. The molecule has 1 heterocycles. The molecular formula is C17H15BrN2. The first-order valence-electron chi connectivity index (χ1n) is 6.52. The highest BCUT2D eigenvalue weighted by molar-refractivity contribution is 9.10. The number of aromatic nitrogens is 2. The first-order valence-corrected chi connectivity index (χ1v) is 7.32. The number of H-pyrrole nitrogens is 1. The second-order valence-corrected chi connectivity index (χ2v) is 5.89. The van der Waals surface area contributed by atoms with Crippen molar-refractivity contribution in [3.05, 3.63) is 64.1 Å². The average molecular weight is 327 g/mol. The molecule has 0 fully saturated rings. The van der Waals surface area contributed by atoms with Crippen LogP contribution in [0, 0.1) is 13.8 Å². The van der Waals surface area contributed by atoms with Crippen LogP contribution in [0.1, 0.15) is 11.1 Å². The summed E-state index contributed by atoms with van der Waals surface area (Å²) in [5, 5.41) is 7.53. The average Bonchev–Trinajstić information content (AvgIpc) is 2.92. The van der Waals surface area contributed by atoms with Gasteiger partial charge in [-0.15, -0.1) is 0 Å². The fourth-order valence-corrected chi connectivity index (χ4v) is 2.57. The number of rotatable bonds is 2. The largest absolute Gasteiger partial charge is 0.277 e. The smallest absolute Gasteiger partial charge is 0.0927 e. The number of halogens is 1. The number of aryl methyl sites for hydroxylation is 2. The molecule has 2 aromatic carbocycles. The Balaban J connectivity index is 1.99. The van der Waals surface area contributed by atoms with E-state index < -0.39 is 0 Å². The molecule has 100 valence electrons. The van der Waals surface area contributed by atoms with Gasteiger partial charge in [0.25, 0.3) is 0 Å². The molecule has 0 saturated heterocycles. The van der Waals surface area contributed by atoms with Crippen LogP contribution in [-0.2, 0) is 0 Å². The summed E-state index contributed by atoms with van der Waals surface area (Å²) < 4.78 is 1.07. The molecular weight excluding hydrogens is 312 g/mol. The second-order valence-electron chi connectivity index (χ2n) is 4.98. The van der Waals surface area contributed by atoms with E-state index in [1.54, 1.807) is 0 Å². The van der Waals surface area contributed by atoms with Gasteiger partial charge in [-0.1, -0.05) is 40.2 Å². The molecule has 0 aliphatic heterocycles. The summed E-state index contributed by atoms with van der Waals surface area (Å²) in [5.74, 6) is 0. The SMILES string of the molecule is Cc1ccc(-c2cc(-c3cccc(Br)c3)[nH]n2)cc1C. The van der Waals surface area contributed by atoms with Gasteiger partial charge in [0.2, 0.25) is 0 Å². The zero-order valence-electron chi connectivity index (χ0n) is 11.4. The zero-order valence-corrected chi connectivity index (χ0v) is 13.0. The number of nitrogens with zero attached hydrogens (tertiary/aromatic N) is 1. The molecule has 0 unspecified atom stereocenters. The van der Waals surface area contributed by atoms with E-state index in [1.807, 2.05) is 12.1 Å². The maximum absolute atomic E-state index is 4.42. The van der Waals surface area contributed by atoms with E-state index in [9.17, 15) is 0 Å². The molecule has 1 N–H and O–H groups in total. The van der Waals surface area contributed by atoms with Crippen molar-refractivity contribution >= 4 is 15.9 Å². The van der Waals surface area contributed by atoms with Crippen LogP contribution in [0.25, 0.3) is 22.5 Å². The fourth-order valence-electron chi connectivity index (χ4n) is 2.17. The van der Waals surface area contributed by atoms with Crippen LogP contribution in [0.4, 0.5) is 0 Å². The van der Waals surface area contributed by atoms with Crippen LogP contribution in [0.5, 0.6) is 0 Å². The highest BCUT2D eigenvalue weighted by Gasteiger charge is 2.07. The van der Waals surface area contributed by atoms with Gasteiger partial charge in [-0.05, 0) is 49.2 Å². The molecule has 0 aliphatic rings. The van der Waals surface area contributed by atoms with Gasteiger partial charge >= 0.3 is 0 Å². The lowest BCUT2D eigenvalue weighted by atomic mass is 10.0. The van der Waals surface area contributed by atoms with Gasteiger partial charge in [0.15, 0.2) is 0 Å². The summed E-state index contributed by atoms with van der Waals surface area (Å²) in [6.07, 6.45) is 0. The highest BCUT2D eigenvalue weighted by atomic mass is 79.9. The molecule has 2 nitrogen and oxygen atoms in total. The summed E-state index contributed by atoms with van der Waals surface area (Å²) >= 11 is 3.49. The normalized spacial score (nSPS) is 10.8. The Labute approximate surface area is 127 Å². The predicted octanol–water partition coefficient (Wildman–Crippen LogP) is 5.12. The maximum atomic E-state index is 4.42. The van der Waals surface area contributed by atoms with E-state index >= 15 is 0 Å². The molecule has 3 heteroatoms. The van der Waals surface area contributed by atoms with Crippen LogP contribution < -0.4 is 0 Å². The molecule has 0 spiro atoms. The van der Waals surface area contributed by atoms with E-state index in [1.165, 1.54) is 11.1 Å². The molecule has 0 bridgehead atoms. The molecule has 0 aliphatic carbocycles. The van der Waals surface area contributed by atoms with Gasteiger partial charge in [0.1, 0.15) is 0 Å². The summed E-state index contributed by atoms with van der Waals surface area (Å²) in [6, 6.07) is 16.7. The van der Waals surface area contributed by atoms with Crippen molar-refractivity contribution < 1.29 is 0 Å². The first-order chi connectivity index (χ1) is 9.63. The quantitative estimate of drug-likeness (QED) is 0.695. The van der Waals surface area contributed by atoms with Gasteiger partial charge in [-0.3, -0.25) is 5.10 Å². The van der Waals surface area contributed by atoms with Crippen molar-refractivity contribution in [3.8, 4) is 22.5 Å². The topological polar surface area (TPSA) is 28.7 Å². The molecule has 0 atom stereocenters. The van der Waals surface area contributed by atoms with Gasteiger partial charge in [-0.25, -0.2) is 0 Å². The number of hydrogen-bond donors (Lipinski definition) is 1. The lowest BCUT2D eigenvalue weighted by Gasteiger charge is -2.02. The van der Waals surface area contributed by atoms with Crippen molar-refractivity contribution in [2.45, 2.75) is 13.8 Å². The number of aromatic amines is 1. The molecule has 3 rings (SSSR count). The van der Waals surface area contributed by atoms with Crippen LogP contribution in [0.15, 0.2) is 53.0 Å². The lowest BCUT2D eigenvalue weighted by molar-refractivity contribution is 1.10. The van der Waals surface area contributed by atoms with E-state index in [2.05, 4.69) is 76.4 Å². The molecule has 0 radical (unpaired) electrons. The molecule has 0 amide bonds. The van der Waals surface area contributed by atoms with Crippen LogP contribution in [0.2, 0.25) is 0 Å². The summed E-state index contributed by atoms with van der Waals surface area (Å²) in [6.45, 7) is 4.25. The van der Waals surface area contributed by atoms with Crippen LogP contribution in [-0.4, -0.2) is 10.2 Å². The minimum absolute atomic E-state index is 0.975. The number of hydrogen-bond acceptors (Lipinski definition) is 1. The van der Waals surface area contributed by atoms with Gasteiger partial charge in [0, 0.05) is 15.6 Å². The minimum Gasteiger partial charge on any atom is -0.277 e. The predicted molar refractivity (Wildman–Crippen MR) is 86.6 cm³/mol. The Hall–Kier alpha value is -1.87. The third kappa shape index (κ3) is 2.54. The summed E-state index contributed by atoms with van der Waals surface area (Å²) in [7, 11) is 0. The first kappa shape index (κ1) is 13.1. The van der Waals surface area contributed by atoms with Gasteiger partial charge < -0.3 is 0 Å². The third-order valence-corrected chi connectivity index (χ3v) is 4.01. The maximum Gasteiger partial charge on any atom is 0.0927 e. The van der Waals surface area contributed by atoms with Crippen molar-refractivity contribution in [3.63, 3.8) is 0 Å². The van der Waals surface area contributed by atoms with E-state index in [4.69, 9.17) is 0 Å². The molecule has 20 heavy (non-hydrogen) atoms. The number of nitrogens with one attached hydrogen (secondary N) is 1. The Morgan fingerprint density at radius 1 is 0.900 bits per heavy atom. The van der Waals surface area contributed by atoms with E-state index in [0.717, 1.165) is 27.0 Å². The van der Waals surface area contributed by atoms with Crippen LogP contribution >= 0.6 is 15.9 Å².